The number of methoxy groups -OCH3 is 1. The summed E-state index contributed by atoms with van der Waals surface area (Å²) in [5.41, 5.74) is 1.28. The molecule has 106 valence electrons. The van der Waals surface area contributed by atoms with Gasteiger partial charge in [-0.1, -0.05) is 13.8 Å². The van der Waals surface area contributed by atoms with Gasteiger partial charge >= 0.3 is 0 Å². The predicted octanol–water partition coefficient (Wildman–Crippen LogP) is 4.07. The minimum atomic E-state index is 0.169. The molecule has 1 aromatic rings. The van der Waals surface area contributed by atoms with E-state index < -0.39 is 0 Å². The fourth-order valence-electron chi connectivity index (χ4n) is 2.57. The Labute approximate surface area is 123 Å². The molecule has 0 spiro atoms. The number of hydrogen-bond donors (Lipinski definition) is 1. The van der Waals surface area contributed by atoms with E-state index in [0.29, 0.717) is 12.1 Å². The van der Waals surface area contributed by atoms with E-state index >= 15 is 0 Å². The minimum Gasteiger partial charge on any atom is -0.496 e. The summed E-state index contributed by atoms with van der Waals surface area (Å²) in [5, 5.41) is 3.58. The molecule has 0 saturated heterocycles. The first-order valence-electron chi connectivity index (χ1n) is 6.70. The van der Waals surface area contributed by atoms with Gasteiger partial charge in [-0.25, -0.2) is 0 Å². The molecular weight excluding hydrogens is 306 g/mol. The topological polar surface area (TPSA) is 30.5 Å². The molecule has 19 heavy (non-hydrogen) atoms. The molecule has 0 aromatic heterocycles. The maximum atomic E-state index is 5.75. The van der Waals surface area contributed by atoms with Gasteiger partial charge in [0, 0.05) is 23.8 Å². The Morgan fingerprint density at radius 3 is 2.68 bits per heavy atom. The van der Waals surface area contributed by atoms with Gasteiger partial charge in [-0.15, -0.1) is 0 Å². The van der Waals surface area contributed by atoms with Crippen LogP contribution in [0, 0.1) is 5.41 Å². The fraction of sp³-hybridized carbons (Fsp3) is 0.600. The molecule has 1 fully saturated rings. The van der Waals surface area contributed by atoms with Crippen molar-refractivity contribution in [1.82, 2.24) is 0 Å². The van der Waals surface area contributed by atoms with Crippen molar-refractivity contribution >= 4 is 21.6 Å². The van der Waals surface area contributed by atoms with E-state index in [-0.39, 0.29) is 5.41 Å². The highest BCUT2D eigenvalue weighted by Gasteiger charge is 2.48. The molecule has 0 aliphatic heterocycles. The van der Waals surface area contributed by atoms with Crippen molar-refractivity contribution in [2.24, 2.45) is 5.41 Å². The molecule has 0 radical (unpaired) electrons. The molecule has 2 atom stereocenters. The van der Waals surface area contributed by atoms with Crippen LogP contribution in [0.5, 0.6) is 5.75 Å². The number of ether oxygens (including phenoxy) is 2. The highest BCUT2D eigenvalue weighted by Crippen LogP contribution is 2.44. The van der Waals surface area contributed by atoms with Gasteiger partial charge in [-0.05, 0) is 47.5 Å². The average Bonchev–Trinajstić information content (AvgIpc) is 2.38. The van der Waals surface area contributed by atoms with Crippen LogP contribution in [-0.4, -0.2) is 25.9 Å². The zero-order valence-corrected chi connectivity index (χ0v) is 13.6. The van der Waals surface area contributed by atoms with Crippen LogP contribution in [0.4, 0.5) is 5.69 Å². The second kappa shape index (κ2) is 5.71. The van der Waals surface area contributed by atoms with Crippen molar-refractivity contribution in [2.75, 3.05) is 19.0 Å². The summed E-state index contributed by atoms with van der Waals surface area (Å²) in [5.74, 6) is 0.852. The number of anilines is 1. The van der Waals surface area contributed by atoms with Crippen LogP contribution in [0.2, 0.25) is 0 Å². The van der Waals surface area contributed by atoms with E-state index in [1.54, 1.807) is 7.11 Å². The minimum absolute atomic E-state index is 0.169. The van der Waals surface area contributed by atoms with Crippen LogP contribution in [0.3, 0.4) is 0 Å². The molecule has 1 saturated carbocycles. The van der Waals surface area contributed by atoms with E-state index in [0.717, 1.165) is 28.9 Å². The van der Waals surface area contributed by atoms with Crippen LogP contribution in [0.15, 0.2) is 22.7 Å². The third-order valence-electron chi connectivity index (χ3n) is 4.04. The van der Waals surface area contributed by atoms with Gasteiger partial charge in [0.25, 0.3) is 0 Å². The van der Waals surface area contributed by atoms with E-state index in [1.807, 2.05) is 12.1 Å². The molecule has 0 amide bonds. The highest BCUT2D eigenvalue weighted by molar-refractivity contribution is 9.10. The molecular formula is C15H22BrNO2. The third-order valence-corrected chi connectivity index (χ3v) is 4.66. The summed E-state index contributed by atoms with van der Waals surface area (Å²) >= 11 is 3.51. The molecule has 2 unspecified atom stereocenters. The number of nitrogens with one attached hydrogen (secondary N) is 1. The Bertz CT molecular complexity index is 448. The summed E-state index contributed by atoms with van der Waals surface area (Å²) < 4.78 is 12.0. The number of halogens is 1. The normalized spacial score (nSPS) is 24.7. The van der Waals surface area contributed by atoms with Gasteiger partial charge in [0.15, 0.2) is 0 Å². The molecule has 3 nitrogen and oxygen atoms in total. The lowest BCUT2D eigenvalue weighted by Gasteiger charge is -2.52. The van der Waals surface area contributed by atoms with Gasteiger partial charge in [-0.2, -0.15) is 0 Å². The number of hydrogen-bond acceptors (Lipinski definition) is 3. The SMILES string of the molecule is CCOC1CC(Nc2ccc(OC)c(Br)c2)C1(C)C. The van der Waals surface area contributed by atoms with E-state index in [2.05, 4.69) is 48.1 Å². The number of rotatable bonds is 5. The van der Waals surface area contributed by atoms with Crippen LogP contribution >= 0.6 is 15.9 Å². The zero-order valence-electron chi connectivity index (χ0n) is 12.0. The molecule has 0 heterocycles. The lowest BCUT2D eigenvalue weighted by molar-refractivity contribution is -0.0975. The average molecular weight is 328 g/mol. The Morgan fingerprint density at radius 2 is 2.16 bits per heavy atom. The predicted molar refractivity (Wildman–Crippen MR) is 81.9 cm³/mol. The van der Waals surface area contributed by atoms with Crippen molar-refractivity contribution in [3.05, 3.63) is 22.7 Å². The van der Waals surface area contributed by atoms with Crippen LogP contribution in [-0.2, 0) is 4.74 Å². The van der Waals surface area contributed by atoms with E-state index in [4.69, 9.17) is 9.47 Å². The van der Waals surface area contributed by atoms with Gasteiger partial charge < -0.3 is 14.8 Å². The molecule has 1 N–H and O–H groups in total. The van der Waals surface area contributed by atoms with Gasteiger partial charge in [-0.3, -0.25) is 0 Å². The van der Waals surface area contributed by atoms with Crippen molar-refractivity contribution < 1.29 is 9.47 Å². The standard InChI is InChI=1S/C15H22BrNO2/c1-5-19-14-9-13(15(14,2)3)17-10-6-7-12(18-4)11(16)8-10/h6-8,13-14,17H,5,9H2,1-4H3. The lowest BCUT2D eigenvalue weighted by atomic mass is 9.64. The van der Waals surface area contributed by atoms with E-state index in [1.165, 1.54) is 0 Å². The molecule has 0 bridgehead atoms. The summed E-state index contributed by atoms with van der Waals surface area (Å²) in [7, 11) is 1.68. The van der Waals surface area contributed by atoms with Crippen molar-refractivity contribution in [3.8, 4) is 5.75 Å². The van der Waals surface area contributed by atoms with Crippen molar-refractivity contribution in [2.45, 2.75) is 39.3 Å². The third kappa shape index (κ3) is 2.90. The van der Waals surface area contributed by atoms with Gasteiger partial charge in [0.2, 0.25) is 0 Å². The molecule has 1 aromatic carbocycles. The highest BCUT2D eigenvalue weighted by atomic mass is 79.9. The first-order chi connectivity index (χ1) is 8.98. The summed E-state index contributed by atoms with van der Waals surface area (Å²) in [6, 6.07) is 6.53. The Kier molecular flexibility index (Phi) is 4.41. The van der Waals surface area contributed by atoms with Crippen molar-refractivity contribution in [3.63, 3.8) is 0 Å². The molecule has 2 rings (SSSR count). The second-order valence-corrected chi connectivity index (χ2v) is 6.40. The first-order valence-corrected chi connectivity index (χ1v) is 7.50. The van der Waals surface area contributed by atoms with Gasteiger partial charge in [0.1, 0.15) is 5.75 Å². The second-order valence-electron chi connectivity index (χ2n) is 5.55. The zero-order chi connectivity index (χ0) is 14.0. The molecule has 1 aliphatic carbocycles. The Hall–Kier alpha value is -0.740. The van der Waals surface area contributed by atoms with E-state index in [9.17, 15) is 0 Å². The monoisotopic (exact) mass is 327 g/mol. The summed E-state index contributed by atoms with van der Waals surface area (Å²) in [6.45, 7) is 7.35. The van der Waals surface area contributed by atoms with Gasteiger partial charge in [0.05, 0.1) is 17.7 Å². The Morgan fingerprint density at radius 1 is 1.42 bits per heavy atom. The fourth-order valence-corrected chi connectivity index (χ4v) is 3.11. The largest absolute Gasteiger partial charge is 0.496 e. The van der Waals surface area contributed by atoms with Crippen molar-refractivity contribution in [1.29, 1.82) is 0 Å². The maximum absolute atomic E-state index is 5.75. The van der Waals surface area contributed by atoms with Crippen LogP contribution < -0.4 is 10.1 Å². The lowest BCUT2D eigenvalue weighted by Crippen LogP contribution is -2.58. The molecule has 4 heteroatoms. The van der Waals surface area contributed by atoms with Crippen LogP contribution in [0.25, 0.3) is 0 Å². The quantitative estimate of drug-likeness (QED) is 0.884. The summed E-state index contributed by atoms with van der Waals surface area (Å²) in [6.07, 6.45) is 1.42. The summed E-state index contributed by atoms with van der Waals surface area (Å²) in [4.78, 5) is 0. The Balaban J connectivity index is 2.01. The molecule has 1 aliphatic rings. The maximum Gasteiger partial charge on any atom is 0.133 e. The smallest absolute Gasteiger partial charge is 0.133 e. The number of benzene rings is 1. The van der Waals surface area contributed by atoms with Crippen LogP contribution in [0.1, 0.15) is 27.2 Å². The first kappa shape index (κ1) is 14.7.